The Kier molecular flexibility index (Phi) is 11.6. The van der Waals surface area contributed by atoms with Crippen LogP contribution in [0.25, 0.3) is 0 Å². The van der Waals surface area contributed by atoms with Crippen molar-refractivity contribution in [1.29, 1.82) is 0 Å². The SMILES string of the molecule is CCCN(CCOc1c(Cl)cc(Cl)cc1Cl)C(=O)n1ccnc1.O=C(Cl)CCl. The number of hydrogen-bond donors (Lipinski definition) is 0. The monoisotopic (exact) mass is 487 g/mol. The summed E-state index contributed by atoms with van der Waals surface area (Å²) >= 11 is 27.5. The fraction of sp³-hybridized carbons (Fsp3) is 0.353. The van der Waals surface area contributed by atoms with Gasteiger partial charge in [0.1, 0.15) is 12.9 Å². The number of hydrogen-bond acceptors (Lipinski definition) is 4. The highest BCUT2D eigenvalue weighted by Gasteiger charge is 2.15. The number of imidazole rings is 1. The van der Waals surface area contributed by atoms with Crippen LogP contribution in [0, 0.1) is 0 Å². The lowest BCUT2D eigenvalue weighted by atomic mass is 10.3. The van der Waals surface area contributed by atoms with Crippen molar-refractivity contribution in [2.75, 3.05) is 25.6 Å². The molecule has 0 aliphatic carbocycles. The van der Waals surface area contributed by atoms with Crippen LogP contribution in [0.1, 0.15) is 13.3 Å². The summed E-state index contributed by atoms with van der Waals surface area (Å²) in [6.07, 6.45) is 5.48. The molecule has 0 saturated heterocycles. The summed E-state index contributed by atoms with van der Waals surface area (Å²) in [5, 5.41) is 0.609. The fourth-order valence-corrected chi connectivity index (χ4v) is 2.96. The number of alkyl halides is 1. The maximum atomic E-state index is 12.3. The van der Waals surface area contributed by atoms with Gasteiger partial charge in [0.15, 0.2) is 5.75 Å². The third-order valence-electron chi connectivity index (χ3n) is 3.17. The zero-order chi connectivity index (χ0) is 21.1. The van der Waals surface area contributed by atoms with E-state index in [2.05, 4.69) is 4.98 Å². The predicted molar refractivity (Wildman–Crippen MR) is 113 cm³/mol. The van der Waals surface area contributed by atoms with E-state index in [9.17, 15) is 9.59 Å². The number of halogens is 5. The molecule has 6 nitrogen and oxygen atoms in total. The van der Waals surface area contributed by atoms with Gasteiger partial charge in [-0.25, -0.2) is 9.78 Å². The molecule has 2 aromatic rings. The van der Waals surface area contributed by atoms with Crippen molar-refractivity contribution in [3.8, 4) is 5.75 Å². The Bertz CT molecular complexity index is 748. The molecule has 0 unspecified atom stereocenters. The van der Waals surface area contributed by atoms with Crippen LogP contribution < -0.4 is 4.74 Å². The minimum atomic E-state index is -0.508. The number of rotatable bonds is 7. The van der Waals surface area contributed by atoms with Crippen LogP contribution in [0.4, 0.5) is 4.79 Å². The molecule has 0 spiro atoms. The summed E-state index contributed by atoms with van der Waals surface area (Å²) in [5.41, 5.74) is 0. The highest BCUT2D eigenvalue weighted by atomic mass is 35.5. The standard InChI is InChI=1S/C15H16Cl3N3O2.C2H2Cl2O/c1-2-4-20(15(22)21-5-3-19-10-21)6-7-23-14-12(17)8-11(16)9-13(14)18;3-1-2(4)5/h3,5,8-10H,2,4,6-7H2,1H3;1H2. The first-order valence-electron chi connectivity index (χ1n) is 8.09. The lowest BCUT2D eigenvalue weighted by molar-refractivity contribution is -0.109. The zero-order valence-electron chi connectivity index (χ0n) is 14.9. The summed E-state index contributed by atoms with van der Waals surface area (Å²) in [6.45, 7) is 3.28. The number of nitrogens with zero attached hydrogens (tertiary/aromatic N) is 3. The van der Waals surface area contributed by atoms with Gasteiger partial charge in [-0.1, -0.05) is 41.7 Å². The Morgan fingerprint density at radius 3 is 2.25 bits per heavy atom. The van der Waals surface area contributed by atoms with Crippen LogP contribution in [0.15, 0.2) is 30.9 Å². The quantitative estimate of drug-likeness (QED) is 0.376. The maximum Gasteiger partial charge on any atom is 0.329 e. The maximum absolute atomic E-state index is 12.3. The van der Waals surface area contributed by atoms with E-state index in [1.807, 2.05) is 6.92 Å². The molecule has 0 saturated carbocycles. The molecule has 2 rings (SSSR count). The van der Waals surface area contributed by atoms with E-state index in [0.29, 0.717) is 33.9 Å². The Morgan fingerprint density at radius 1 is 1.18 bits per heavy atom. The van der Waals surface area contributed by atoms with E-state index in [1.165, 1.54) is 10.9 Å². The van der Waals surface area contributed by atoms with Crippen molar-refractivity contribution in [3.63, 3.8) is 0 Å². The zero-order valence-corrected chi connectivity index (χ0v) is 18.7. The van der Waals surface area contributed by atoms with Gasteiger partial charge >= 0.3 is 6.03 Å². The van der Waals surface area contributed by atoms with Gasteiger partial charge in [-0.05, 0) is 30.2 Å². The average molecular weight is 490 g/mol. The van der Waals surface area contributed by atoms with Crippen LogP contribution in [0.5, 0.6) is 5.75 Å². The van der Waals surface area contributed by atoms with E-state index < -0.39 is 5.24 Å². The molecule has 0 atom stereocenters. The number of carbonyl (C=O) groups is 2. The van der Waals surface area contributed by atoms with E-state index in [0.717, 1.165) is 6.42 Å². The molecule has 0 N–H and O–H groups in total. The molecule has 1 amide bonds. The largest absolute Gasteiger partial charge is 0.489 e. The normalized spacial score (nSPS) is 10.1. The number of carbonyl (C=O) groups excluding carboxylic acids is 2. The fourth-order valence-electron chi connectivity index (χ4n) is 2.03. The lowest BCUT2D eigenvalue weighted by Gasteiger charge is -2.22. The number of aromatic nitrogens is 2. The first kappa shape index (κ1) is 24.9. The van der Waals surface area contributed by atoms with Crippen LogP contribution in [0.3, 0.4) is 0 Å². The number of ether oxygens (including phenoxy) is 1. The van der Waals surface area contributed by atoms with E-state index in [4.69, 9.17) is 62.7 Å². The smallest absolute Gasteiger partial charge is 0.329 e. The van der Waals surface area contributed by atoms with Gasteiger partial charge in [-0.2, -0.15) is 0 Å². The van der Waals surface area contributed by atoms with Gasteiger partial charge in [0, 0.05) is 24.0 Å². The van der Waals surface area contributed by atoms with E-state index in [-0.39, 0.29) is 18.5 Å². The van der Waals surface area contributed by atoms with Gasteiger partial charge in [0.05, 0.1) is 22.5 Å². The Morgan fingerprint density at radius 2 is 1.79 bits per heavy atom. The van der Waals surface area contributed by atoms with Crippen LogP contribution in [0.2, 0.25) is 15.1 Å². The molecule has 11 heteroatoms. The molecular formula is C17H18Cl5N3O3. The van der Waals surface area contributed by atoms with Gasteiger partial charge in [-0.15, -0.1) is 11.6 Å². The van der Waals surface area contributed by atoms with Gasteiger partial charge < -0.3 is 9.64 Å². The minimum absolute atomic E-state index is 0.0957. The highest BCUT2D eigenvalue weighted by molar-refractivity contribution is 6.67. The Balaban J connectivity index is 0.000000696. The number of benzene rings is 1. The van der Waals surface area contributed by atoms with Crippen molar-refractivity contribution in [2.45, 2.75) is 13.3 Å². The summed E-state index contributed by atoms with van der Waals surface area (Å²) in [4.78, 5) is 27.3. The van der Waals surface area contributed by atoms with Crippen molar-refractivity contribution in [2.24, 2.45) is 0 Å². The van der Waals surface area contributed by atoms with Gasteiger partial charge in [0.2, 0.25) is 5.24 Å². The summed E-state index contributed by atoms with van der Waals surface area (Å²) in [5.74, 6) is 0.269. The molecule has 0 aliphatic heterocycles. The Labute approximate surface area is 188 Å². The molecule has 154 valence electrons. The van der Waals surface area contributed by atoms with Gasteiger partial charge in [0.25, 0.3) is 0 Å². The van der Waals surface area contributed by atoms with E-state index in [1.54, 1.807) is 29.4 Å². The lowest BCUT2D eigenvalue weighted by Crippen LogP contribution is -2.37. The topological polar surface area (TPSA) is 64.4 Å². The van der Waals surface area contributed by atoms with Crippen LogP contribution in [-0.2, 0) is 4.79 Å². The second kappa shape index (κ2) is 13.1. The van der Waals surface area contributed by atoms with Crippen LogP contribution >= 0.6 is 58.0 Å². The second-order valence-corrected chi connectivity index (χ2v) is 7.22. The highest BCUT2D eigenvalue weighted by Crippen LogP contribution is 2.35. The third-order valence-corrected chi connectivity index (χ3v) is 4.46. The molecule has 1 aromatic carbocycles. The summed E-state index contributed by atoms with van der Waals surface area (Å²) in [7, 11) is 0. The molecule has 0 aliphatic rings. The molecular weight excluding hydrogens is 471 g/mol. The third kappa shape index (κ3) is 8.45. The minimum Gasteiger partial charge on any atom is -0.489 e. The first-order valence-corrected chi connectivity index (χ1v) is 10.1. The molecule has 1 aromatic heterocycles. The average Bonchev–Trinajstić information content (AvgIpc) is 3.17. The molecule has 0 radical (unpaired) electrons. The molecule has 28 heavy (non-hydrogen) atoms. The summed E-state index contributed by atoms with van der Waals surface area (Å²) in [6, 6.07) is 2.97. The number of amides is 1. The van der Waals surface area contributed by atoms with Crippen molar-refractivity contribution < 1.29 is 14.3 Å². The molecule has 0 bridgehead atoms. The van der Waals surface area contributed by atoms with Gasteiger partial charge in [-0.3, -0.25) is 9.36 Å². The van der Waals surface area contributed by atoms with Crippen molar-refractivity contribution in [1.82, 2.24) is 14.5 Å². The predicted octanol–water partition coefficient (Wildman–Crippen LogP) is 5.59. The Hall–Kier alpha value is -1.18. The van der Waals surface area contributed by atoms with E-state index >= 15 is 0 Å². The van der Waals surface area contributed by atoms with Crippen molar-refractivity contribution >= 4 is 69.3 Å². The first-order chi connectivity index (χ1) is 13.3. The summed E-state index contributed by atoms with van der Waals surface area (Å²) < 4.78 is 7.05. The van der Waals surface area contributed by atoms with Crippen molar-refractivity contribution in [3.05, 3.63) is 45.9 Å². The van der Waals surface area contributed by atoms with Crippen LogP contribution in [-0.4, -0.2) is 51.3 Å². The molecule has 0 fully saturated rings. The second-order valence-electron chi connectivity index (χ2n) is 5.28. The molecule has 1 heterocycles.